The lowest BCUT2D eigenvalue weighted by molar-refractivity contribution is -0.00870. The third kappa shape index (κ3) is 3.13. The molecular weight excluding hydrogens is 306 g/mol. The molecule has 1 aliphatic carbocycles. The number of aromatic amines is 1. The van der Waals surface area contributed by atoms with Crippen molar-refractivity contribution in [1.29, 1.82) is 0 Å². The Labute approximate surface area is 121 Å². The largest absolute Gasteiger partial charge is 0.378 e. The Morgan fingerprint density at radius 1 is 1.55 bits per heavy atom. The van der Waals surface area contributed by atoms with E-state index in [1.54, 1.807) is 0 Å². The summed E-state index contributed by atoms with van der Waals surface area (Å²) in [6, 6.07) is -0.0260. The van der Waals surface area contributed by atoms with Crippen molar-refractivity contribution in [2.24, 2.45) is 0 Å². The van der Waals surface area contributed by atoms with Crippen LogP contribution in [0.1, 0.15) is 35.9 Å². The predicted octanol–water partition coefficient (Wildman–Crippen LogP) is 0.943. The lowest BCUT2D eigenvalue weighted by Gasteiger charge is -2.35. The topological polar surface area (TPSA) is 101 Å². The van der Waals surface area contributed by atoms with Gasteiger partial charge in [-0.3, -0.25) is 9.89 Å². The van der Waals surface area contributed by atoms with Crippen molar-refractivity contribution in [3.63, 3.8) is 0 Å². The fraction of sp³-hybridized carbons (Fsp3) is 0.636. The van der Waals surface area contributed by atoms with Crippen LogP contribution in [-0.2, 0) is 13.8 Å². The van der Waals surface area contributed by atoms with Gasteiger partial charge >= 0.3 is 0 Å². The van der Waals surface area contributed by atoms with Crippen molar-refractivity contribution >= 4 is 25.6 Å². The highest BCUT2D eigenvalue weighted by Crippen LogP contribution is 2.25. The van der Waals surface area contributed by atoms with E-state index in [1.807, 2.05) is 6.92 Å². The van der Waals surface area contributed by atoms with Crippen LogP contribution in [0.15, 0.2) is 4.90 Å². The van der Waals surface area contributed by atoms with Gasteiger partial charge in [-0.05, 0) is 26.7 Å². The summed E-state index contributed by atoms with van der Waals surface area (Å²) in [5.74, 6) is -0.548. The molecule has 1 saturated carbocycles. The van der Waals surface area contributed by atoms with E-state index in [2.05, 4.69) is 15.5 Å². The summed E-state index contributed by atoms with van der Waals surface area (Å²) >= 11 is 0. The van der Waals surface area contributed by atoms with E-state index in [0.717, 1.165) is 0 Å². The maximum absolute atomic E-state index is 12.0. The van der Waals surface area contributed by atoms with Crippen LogP contribution in [0.3, 0.4) is 0 Å². The predicted molar refractivity (Wildman–Crippen MR) is 72.3 cm³/mol. The number of amides is 1. The second kappa shape index (κ2) is 5.71. The molecule has 112 valence electrons. The zero-order valence-corrected chi connectivity index (χ0v) is 12.7. The Hall–Kier alpha value is -1.12. The van der Waals surface area contributed by atoms with Gasteiger partial charge in [0.05, 0.1) is 11.8 Å². The van der Waals surface area contributed by atoms with E-state index >= 15 is 0 Å². The molecule has 2 N–H and O–H groups in total. The fourth-order valence-electron chi connectivity index (χ4n) is 2.18. The molecular formula is C11H16ClN3O4S. The molecule has 2 rings (SSSR count). The first kappa shape index (κ1) is 15.3. The first-order valence-electron chi connectivity index (χ1n) is 6.25. The number of nitrogens with one attached hydrogen (secondary N) is 2. The quantitative estimate of drug-likeness (QED) is 0.786. The highest BCUT2D eigenvalue weighted by molar-refractivity contribution is 8.13. The molecule has 1 amide bonds. The Bertz CT molecular complexity index is 607. The van der Waals surface area contributed by atoms with E-state index < -0.39 is 15.0 Å². The summed E-state index contributed by atoms with van der Waals surface area (Å²) in [6.45, 7) is 4.04. The zero-order chi connectivity index (χ0) is 14.9. The van der Waals surface area contributed by atoms with Gasteiger partial charge in [-0.25, -0.2) is 8.42 Å². The van der Waals surface area contributed by atoms with Gasteiger partial charge in [-0.2, -0.15) is 5.10 Å². The highest BCUT2D eigenvalue weighted by atomic mass is 35.7. The van der Waals surface area contributed by atoms with Crippen LogP contribution in [0.5, 0.6) is 0 Å². The molecule has 1 aliphatic rings. The number of nitrogens with zero attached hydrogens (tertiary/aromatic N) is 1. The molecule has 1 heterocycles. The van der Waals surface area contributed by atoms with Gasteiger partial charge in [0.1, 0.15) is 4.90 Å². The molecule has 0 saturated heterocycles. The van der Waals surface area contributed by atoms with Gasteiger partial charge in [0.25, 0.3) is 15.0 Å². The number of hydrogen-bond donors (Lipinski definition) is 2. The third-order valence-electron chi connectivity index (χ3n) is 3.18. The van der Waals surface area contributed by atoms with Gasteiger partial charge in [-0.1, -0.05) is 0 Å². The maximum atomic E-state index is 12.0. The molecule has 1 aromatic heterocycles. The highest BCUT2D eigenvalue weighted by Gasteiger charge is 2.33. The van der Waals surface area contributed by atoms with Crippen molar-refractivity contribution < 1.29 is 17.9 Å². The van der Waals surface area contributed by atoms with Crippen LogP contribution < -0.4 is 5.32 Å². The van der Waals surface area contributed by atoms with Crippen molar-refractivity contribution in [3.05, 3.63) is 11.4 Å². The summed E-state index contributed by atoms with van der Waals surface area (Å²) in [7, 11) is 1.30. The van der Waals surface area contributed by atoms with Gasteiger partial charge in [0.2, 0.25) is 0 Å². The summed E-state index contributed by atoms with van der Waals surface area (Å²) in [5, 5.41) is 8.90. The second-order valence-corrected chi connectivity index (χ2v) is 7.19. The van der Waals surface area contributed by atoms with Gasteiger partial charge in [0, 0.05) is 23.3 Å². The van der Waals surface area contributed by atoms with Crippen molar-refractivity contribution in [2.75, 3.05) is 6.61 Å². The monoisotopic (exact) mass is 321 g/mol. The van der Waals surface area contributed by atoms with Gasteiger partial charge in [-0.15, -0.1) is 0 Å². The summed E-state index contributed by atoms with van der Waals surface area (Å²) in [5.41, 5.74) is 0.0447. The smallest absolute Gasteiger partial charge is 0.273 e. The van der Waals surface area contributed by atoms with Gasteiger partial charge in [0.15, 0.2) is 5.69 Å². The average Bonchev–Trinajstić information content (AvgIpc) is 2.68. The number of rotatable bonds is 5. The summed E-state index contributed by atoms with van der Waals surface area (Å²) < 4.78 is 28.3. The Morgan fingerprint density at radius 3 is 2.75 bits per heavy atom. The fourth-order valence-corrected chi connectivity index (χ4v) is 3.53. The van der Waals surface area contributed by atoms with E-state index in [9.17, 15) is 13.2 Å². The third-order valence-corrected chi connectivity index (χ3v) is 4.63. The van der Waals surface area contributed by atoms with Crippen LogP contribution >= 0.6 is 10.7 Å². The molecule has 0 unspecified atom stereocenters. The van der Waals surface area contributed by atoms with Crippen LogP contribution in [0, 0.1) is 6.92 Å². The van der Waals surface area contributed by atoms with E-state index in [4.69, 9.17) is 15.4 Å². The SMILES string of the molecule is CCOC1CC(NC(=O)c2n[nH]c(C)c2S(=O)(=O)Cl)C1. The summed E-state index contributed by atoms with van der Waals surface area (Å²) in [6.07, 6.45) is 1.58. The van der Waals surface area contributed by atoms with Crippen LogP contribution in [0.4, 0.5) is 0 Å². The first-order chi connectivity index (χ1) is 9.32. The molecule has 1 fully saturated rings. The van der Waals surface area contributed by atoms with Gasteiger partial charge < -0.3 is 10.1 Å². The minimum Gasteiger partial charge on any atom is -0.378 e. The Kier molecular flexibility index (Phi) is 4.36. The Morgan fingerprint density at radius 2 is 2.20 bits per heavy atom. The molecule has 0 aliphatic heterocycles. The number of aryl methyl sites for hydroxylation is 1. The standard InChI is InChI=1S/C11H16ClN3O4S/c1-3-19-8-4-7(5-8)13-11(16)9-10(20(12,17)18)6(2)14-15-9/h7-8H,3-5H2,1-2H3,(H,13,16)(H,14,15). The van der Waals surface area contributed by atoms with Crippen molar-refractivity contribution in [3.8, 4) is 0 Å². The molecule has 0 aromatic carbocycles. The molecule has 9 heteroatoms. The molecule has 0 atom stereocenters. The lowest BCUT2D eigenvalue weighted by Crippen LogP contribution is -2.48. The molecule has 0 radical (unpaired) electrons. The molecule has 0 spiro atoms. The summed E-state index contributed by atoms with van der Waals surface area (Å²) in [4.78, 5) is 11.8. The number of halogens is 1. The minimum absolute atomic E-state index is 0.0260. The number of ether oxygens (including phenoxy) is 1. The molecule has 0 bridgehead atoms. The van der Waals surface area contributed by atoms with Crippen LogP contribution in [-0.4, -0.2) is 43.3 Å². The van der Waals surface area contributed by atoms with Crippen LogP contribution in [0.25, 0.3) is 0 Å². The lowest BCUT2D eigenvalue weighted by atomic mass is 9.89. The van der Waals surface area contributed by atoms with Crippen LogP contribution in [0.2, 0.25) is 0 Å². The zero-order valence-electron chi connectivity index (χ0n) is 11.1. The number of H-pyrrole nitrogens is 1. The molecule has 7 nitrogen and oxygen atoms in total. The van der Waals surface area contributed by atoms with E-state index in [0.29, 0.717) is 19.4 Å². The van der Waals surface area contributed by atoms with Crippen molar-refractivity contribution in [2.45, 2.75) is 43.7 Å². The van der Waals surface area contributed by atoms with E-state index in [-0.39, 0.29) is 28.4 Å². The molecule has 1 aromatic rings. The molecule has 20 heavy (non-hydrogen) atoms. The van der Waals surface area contributed by atoms with E-state index in [1.165, 1.54) is 6.92 Å². The second-order valence-electron chi connectivity index (χ2n) is 4.68. The number of aromatic nitrogens is 2. The normalized spacial score (nSPS) is 22.4. The first-order valence-corrected chi connectivity index (χ1v) is 8.56. The number of carbonyl (C=O) groups is 1. The average molecular weight is 322 g/mol. The van der Waals surface area contributed by atoms with Crippen molar-refractivity contribution in [1.82, 2.24) is 15.5 Å². The number of hydrogen-bond acceptors (Lipinski definition) is 5. The minimum atomic E-state index is -4.02. The number of carbonyl (C=O) groups excluding carboxylic acids is 1. The maximum Gasteiger partial charge on any atom is 0.273 e. The Balaban J connectivity index is 2.05.